The zero-order valence-corrected chi connectivity index (χ0v) is 13.0. The van der Waals surface area contributed by atoms with E-state index in [2.05, 4.69) is 34.2 Å². The lowest BCUT2D eigenvalue weighted by molar-refractivity contribution is 0.578. The van der Waals surface area contributed by atoms with Crippen LogP contribution in [0, 0.1) is 19.7 Å². The third-order valence-electron chi connectivity index (χ3n) is 2.85. The highest BCUT2D eigenvalue weighted by atomic mass is 79.9. The number of rotatable bonds is 3. The Morgan fingerprint density at radius 2 is 2.00 bits per heavy atom. The van der Waals surface area contributed by atoms with Crippen molar-refractivity contribution in [3.63, 3.8) is 0 Å². The van der Waals surface area contributed by atoms with Crippen LogP contribution >= 0.6 is 27.3 Å². The first kappa shape index (κ1) is 13.7. The lowest BCUT2D eigenvalue weighted by Crippen LogP contribution is -2.18. The summed E-state index contributed by atoms with van der Waals surface area (Å²) in [5.74, 6) is -0.160. The standard InChI is InChI=1S/C14H15BrFNS/c1-8-4-5-10(12(16)6-8)13(17-3)14-11(15)7-9(2)18-14/h4-7,13,17H,1-3H3. The Morgan fingerprint density at radius 1 is 1.28 bits per heavy atom. The summed E-state index contributed by atoms with van der Waals surface area (Å²) in [6, 6.07) is 7.33. The van der Waals surface area contributed by atoms with Gasteiger partial charge in [-0.25, -0.2) is 4.39 Å². The minimum absolute atomic E-state index is 0.112. The van der Waals surface area contributed by atoms with Crippen molar-refractivity contribution in [2.24, 2.45) is 0 Å². The molecule has 18 heavy (non-hydrogen) atoms. The molecule has 1 N–H and O–H groups in total. The topological polar surface area (TPSA) is 12.0 Å². The molecule has 0 spiro atoms. The van der Waals surface area contributed by atoms with Crippen LogP contribution in [-0.4, -0.2) is 7.05 Å². The Balaban J connectivity index is 2.48. The van der Waals surface area contributed by atoms with Gasteiger partial charge in [-0.15, -0.1) is 11.3 Å². The smallest absolute Gasteiger partial charge is 0.128 e. The summed E-state index contributed by atoms with van der Waals surface area (Å²) in [7, 11) is 1.85. The first-order valence-electron chi connectivity index (χ1n) is 5.72. The number of nitrogens with one attached hydrogen (secondary N) is 1. The monoisotopic (exact) mass is 327 g/mol. The van der Waals surface area contributed by atoms with Crippen LogP contribution in [-0.2, 0) is 0 Å². The molecule has 4 heteroatoms. The molecule has 1 aromatic heterocycles. The minimum atomic E-state index is -0.160. The van der Waals surface area contributed by atoms with Gasteiger partial charge < -0.3 is 5.32 Å². The van der Waals surface area contributed by atoms with E-state index in [9.17, 15) is 4.39 Å². The highest BCUT2D eigenvalue weighted by molar-refractivity contribution is 9.10. The number of hydrogen-bond acceptors (Lipinski definition) is 2. The van der Waals surface area contributed by atoms with Crippen LogP contribution in [0.15, 0.2) is 28.7 Å². The normalized spacial score (nSPS) is 12.7. The molecule has 1 atom stereocenters. The van der Waals surface area contributed by atoms with Crippen LogP contribution in [0.5, 0.6) is 0 Å². The summed E-state index contributed by atoms with van der Waals surface area (Å²) in [5, 5.41) is 3.19. The van der Waals surface area contributed by atoms with E-state index in [0.29, 0.717) is 5.56 Å². The lowest BCUT2D eigenvalue weighted by atomic mass is 10.0. The van der Waals surface area contributed by atoms with E-state index in [1.807, 2.05) is 26.1 Å². The van der Waals surface area contributed by atoms with Crippen LogP contribution in [0.4, 0.5) is 4.39 Å². The Labute approximate surface area is 119 Å². The van der Waals surface area contributed by atoms with Crippen LogP contribution in [0.25, 0.3) is 0 Å². The molecule has 2 rings (SSSR count). The quantitative estimate of drug-likeness (QED) is 0.870. The maximum atomic E-state index is 14.1. The molecule has 0 fully saturated rings. The zero-order valence-electron chi connectivity index (χ0n) is 10.6. The molecule has 0 aliphatic carbocycles. The number of benzene rings is 1. The van der Waals surface area contributed by atoms with Crippen molar-refractivity contribution in [3.05, 3.63) is 55.4 Å². The first-order chi connectivity index (χ1) is 8.52. The van der Waals surface area contributed by atoms with Crippen molar-refractivity contribution < 1.29 is 4.39 Å². The van der Waals surface area contributed by atoms with Crippen LogP contribution in [0.1, 0.15) is 26.9 Å². The molecule has 1 heterocycles. The van der Waals surface area contributed by atoms with Gasteiger partial charge in [-0.1, -0.05) is 12.1 Å². The molecule has 0 aliphatic rings. The Bertz CT molecular complexity index is 565. The molecule has 1 nitrogen and oxygen atoms in total. The number of hydrogen-bond donors (Lipinski definition) is 1. The van der Waals surface area contributed by atoms with Gasteiger partial charge in [-0.3, -0.25) is 0 Å². The van der Waals surface area contributed by atoms with E-state index >= 15 is 0 Å². The van der Waals surface area contributed by atoms with Gasteiger partial charge in [0, 0.05) is 19.8 Å². The summed E-state index contributed by atoms with van der Waals surface area (Å²) in [6.07, 6.45) is 0. The minimum Gasteiger partial charge on any atom is -0.309 e. The summed E-state index contributed by atoms with van der Waals surface area (Å²) in [5.41, 5.74) is 1.62. The second-order valence-electron chi connectivity index (χ2n) is 4.32. The van der Waals surface area contributed by atoms with Crippen LogP contribution in [0.3, 0.4) is 0 Å². The molecule has 1 unspecified atom stereocenters. The molecule has 96 valence electrons. The average Bonchev–Trinajstić information content (AvgIpc) is 2.62. The molecule has 0 saturated carbocycles. The third kappa shape index (κ3) is 2.66. The summed E-state index contributed by atoms with van der Waals surface area (Å²) >= 11 is 5.22. The fraction of sp³-hybridized carbons (Fsp3) is 0.286. The van der Waals surface area contributed by atoms with Gasteiger partial charge in [0.05, 0.1) is 6.04 Å². The number of halogens is 2. The predicted octanol–water partition coefficient (Wildman–Crippen LogP) is 4.58. The van der Waals surface area contributed by atoms with E-state index in [1.54, 1.807) is 17.4 Å². The largest absolute Gasteiger partial charge is 0.309 e. The highest BCUT2D eigenvalue weighted by Gasteiger charge is 2.20. The summed E-state index contributed by atoms with van der Waals surface area (Å²) in [4.78, 5) is 2.32. The SMILES string of the molecule is CNC(c1ccc(C)cc1F)c1sc(C)cc1Br. The highest BCUT2D eigenvalue weighted by Crippen LogP contribution is 2.36. The van der Waals surface area contributed by atoms with Gasteiger partial charge in [0.2, 0.25) is 0 Å². The summed E-state index contributed by atoms with van der Waals surface area (Å²) < 4.78 is 15.1. The van der Waals surface area contributed by atoms with E-state index < -0.39 is 0 Å². The molecule has 0 bridgehead atoms. The second-order valence-corrected chi connectivity index (χ2v) is 6.46. The van der Waals surface area contributed by atoms with Crippen molar-refractivity contribution in [3.8, 4) is 0 Å². The molecule has 0 saturated heterocycles. The molecule has 0 aliphatic heterocycles. The molecule has 1 aromatic carbocycles. The van der Waals surface area contributed by atoms with Crippen molar-refractivity contribution in [2.75, 3.05) is 7.05 Å². The number of thiophene rings is 1. The van der Waals surface area contributed by atoms with Crippen molar-refractivity contribution in [1.29, 1.82) is 0 Å². The predicted molar refractivity (Wildman–Crippen MR) is 78.8 cm³/mol. The lowest BCUT2D eigenvalue weighted by Gasteiger charge is -2.17. The maximum absolute atomic E-state index is 14.1. The van der Waals surface area contributed by atoms with Gasteiger partial charge in [-0.05, 0) is 54.5 Å². The second kappa shape index (κ2) is 5.51. The van der Waals surface area contributed by atoms with Crippen molar-refractivity contribution in [1.82, 2.24) is 5.32 Å². The fourth-order valence-corrected chi connectivity index (χ4v) is 4.00. The van der Waals surface area contributed by atoms with E-state index in [4.69, 9.17) is 0 Å². The molecule has 0 radical (unpaired) electrons. The Hall–Kier alpha value is -0.710. The van der Waals surface area contributed by atoms with E-state index in [1.165, 1.54) is 4.88 Å². The molecule has 2 aromatic rings. The van der Waals surface area contributed by atoms with Crippen molar-refractivity contribution >= 4 is 27.3 Å². The molecular weight excluding hydrogens is 313 g/mol. The average molecular weight is 328 g/mol. The Morgan fingerprint density at radius 3 is 2.50 bits per heavy atom. The Kier molecular flexibility index (Phi) is 4.20. The number of aryl methyl sites for hydroxylation is 2. The van der Waals surface area contributed by atoms with Crippen molar-refractivity contribution in [2.45, 2.75) is 19.9 Å². The molecule has 0 amide bonds. The maximum Gasteiger partial charge on any atom is 0.128 e. The molecular formula is C14H15BrFNS. The summed E-state index contributed by atoms with van der Waals surface area (Å²) in [6.45, 7) is 3.95. The van der Waals surface area contributed by atoms with E-state index in [0.717, 1.165) is 14.9 Å². The van der Waals surface area contributed by atoms with Gasteiger partial charge in [0.1, 0.15) is 5.82 Å². The van der Waals surface area contributed by atoms with Crippen LogP contribution in [0.2, 0.25) is 0 Å². The van der Waals surface area contributed by atoms with E-state index in [-0.39, 0.29) is 11.9 Å². The van der Waals surface area contributed by atoms with Gasteiger partial charge in [0.25, 0.3) is 0 Å². The third-order valence-corrected chi connectivity index (χ3v) is 4.89. The van der Waals surface area contributed by atoms with Gasteiger partial charge in [-0.2, -0.15) is 0 Å². The van der Waals surface area contributed by atoms with Gasteiger partial charge >= 0.3 is 0 Å². The fourth-order valence-electron chi connectivity index (χ4n) is 1.99. The van der Waals surface area contributed by atoms with Gasteiger partial charge in [0.15, 0.2) is 0 Å². The van der Waals surface area contributed by atoms with Crippen LogP contribution < -0.4 is 5.32 Å². The zero-order chi connectivity index (χ0) is 13.3. The first-order valence-corrected chi connectivity index (χ1v) is 7.33.